The summed E-state index contributed by atoms with van der Waals surface area (Å²) < 4.78 is 5.92. The Morgan fingerprint density at radius 2 is 2.05 bits per heavy atom. The van der Waals surface area contributed by atoms with Gasteiger partial charge < -0.3 is 10.1 Å². The van der Waals surface area contributed by atoms with Gasteiger partial charge in [-0.25, -0.2) is 4.98 Å². The van der Waals surface area contributed by atoms with Gasteiger partial charge in [-0.1, -0.05) is 43.6 Å². The number of nitrogens with zero attached hydrogens (tertiary/aromatic N) is 1. The van der Waals surface area contributed by atoms with Crippen LogP contribution >= 0.6 is 11.6 Å². The van der Waals surface area contributed by atoms with Crippen LogP contribution in [0.3, 0.4) is 0 Å². The van der Waals surface area contributed by atoms with E-state index in [0.29, 0.717) is 23.4 Å². The fourth-order valence-electron chi connectivity index (χ4n) is 2.00. The summed E-state index contributed by atoms with van der Waals surface area (Å²) in [7, 11) is 1.88. The lowest BCUT2D eigenvalue weighted by atomic mass is 10.0. The van der Waals surface area contributed by atoms with Gasteiger partial charge in [0.05, 0.1) is 5.02 Å². The van der Waals surface area contributed by atoms with Gasteiger partial charge in [-0.3, -0.25) is 0 Å². The quantitative estimate of drug-likeness (QED) is 0.888. The van der Waals surface area contributed by atoms with E-state index >= 15 is 0 Å². The van der Waals surface area contributed by atoms with E-state index in [9.17, 15) is 0 Å². The molecule has 0 aliphatic carbocycles. The van der Waals surface area contributed by atoms with Crippen molar-refractivity contribution < 1.29 is 4.74 Å². The molecule has 0 bridgehead atoms. The average molecular weight is 291 g/mol. The number of hydrogen-bond acceptors (Lipinski definition) is 3. The number of para-hydroxylation sites is 1. The van der Waals surface area contributed by atoms with Crippen molar-refractivity contribution in [2.45, 2.75) is 26.3 Å². The molecule has 0 amide bonds. The van der Waals surface area contributed by atoms with Crippen molar-refractivity contribution in [2.24, 2.45) is 0 Å². The Kier molecular flexibility index (Phi) is 4.99. The molecule has 0 spiro atoms. The number of aromatic nitrogens is 1. The molecule has 2 aromatic rings. The maximum atomic E-state index is 6.10. The number of hydrogen-bond donors (Lipinski definition) is 1. The molecule has 0 atom stereocenters. The molecule has 0 saturated carbocycles. The summed E-state index contributed by atoms with van der Waals surface area (Å²) in [6, 6.07) is 9.89. The van der Waals surface area contributed by atoms with E-state index < -0.39 is 0 Å². The second kappa shape index (κ2) is 6.73. The SMILES string of the molecule is CNCc1cc(Oc2ccccc2C(C)C)ncc1Cl. The lowest BCUT2D eigenvalue weighted by molar-refractivity contribution is 0.453. The van der Waals surface area contributed by atoms with Crippen LogP contribution < -0.4 is 10.1 Å². The van der Waals surface area contributed by atoms with E-state index in [4.69, 9.17) is 16.3 Å². The predicted octanol–water partition coefficient (Wildman–Crippen LogP) is 4.37. The molecule has 1 N–H and O–H groups in total. The van der Waals surface area contributed by atoms with Crippen LogP contribution in [0, 0.1) is 0 Å². The predicted molar refractivity (Wildman–Crippen MR) is 82.6 cm³/mol. The Bertz CT molecular complexity index is 584. The maximum absolute atomic E-state index is 6.10. The molecule has 1 aromatic carbocycles. The van der Waals surface area contributed by atoms with Gasteiger partial charge in [-0.15, -0.1) is 0 Å². The third-order valence-corrected chi connectivity index (χ3v) is 3.37. The first kappa shape index (κ1) is 14.8. The Morgan fingerprint density at radius 1 is 1.30 bits per heavy atom. The minimum atomic E-state index is 0.398. The third-order valence-electron chi connectivity index (χ3n) is 3.03. The zero-order valence-electron chi connectivity index (χ0n) is 12.0. The van der Waals surface area contributed by atoms with Crippen LogP contribution in [0.15, 0.2) is 36.5 Å². The Morgan fingerprint density at radius 3 is 2.75 bits per heavy atom. The zero-order valence-corrected chi connectivity index (χ0v) is 12.7. The third kappa shape index (κ3) is 3.50. The maximum Gasteiger partial charge on any atom is 0.219 e. The molecular weight excluding hydrogens is 272 g/mol. The Hall–Kier alpha value is -1.58. The minimum absolute atomic E-state index is 0.398. The van der Waals surface area contributed by atoms with Crippen molar-refractivity contribution in [3.05, 3.63) is 52.7 Å². The van der Waals surface area contributed by atoms with Crippen molar-refractivity contribution in [1.82, 2.24) is 10.3 Å². The smallest absolute Gasteiger partial charge is 0.219 e. The first-order valence-corrected chi connectivity index (χ1v) is 7.05. The van der Waals surface area contributed by atoms with Crippen molar-refractivity contribution >= 4 is 11.6 Å². The molecule has 3 nitrogen and oxygen atoms in total. The highest BCUT2D eigenvalue weighted by atomic mass is 35.5. The van der Waals surface area contributed by atoms with Crippen LogP contribution in [0.4, 0.5) is 0 Å². The fourth-order valence-corrected chi connectivity index (χ4v) is 2.17. The van der Waals surface area contributed by atoms with E-state index in [2.05, 4.69) is 30.2 Å². The lowest BCUT2D eigenvalue weighted by Crippen LogP contribution is -2.06. The molecule has 0 saturated heterocycles. The second-order valence-electron chi connectivity index (χ2n) is 4.94. The van der Waals surface area contributed by atoms with E-state index in [1.165, 1.54) is 5.56 Å². The van der Waals surface area contributed by atoms with Crippen molar-refractivity contribution in [2.75, 3.05) is 7.05 Å². The van der Waals surface area contributed by atoms with Gasteiger partial charge >= 0.3 is 0 Å². The summed E-state index contributed by atoms with van der Waals surface area (Å²) in [6.07, 6.45) is 1.63. The van der Waals surface area contributed by atoms with Gasteiger partial charge in [0.25, 0.3) is 0 Å². The van der Waals surface area contributed by atoms with Gasteiger partial charge in [0.1, 0.15) is 5.75 Å². The van der Waals surface area contributed by atoms with Crippen molar-refractivity contribution in [3.63, 3.8) is 0 Å². The molecule has 1 heterocycles. The number of benzene rings is 1. The summed E-state index contributed by atoms with van der Waals surface area (Å²) in [4.78, 5) is 4.23. The number of rotatable bonds is 5. The molecule has 0 aliphatic rings. The van der Waals surface area contributed by atoms with E-state index in [-0.39, 0.29) is 0 Å². The van der Waals surface area contributed by atoms with E-state index in [0.717, 1.165) is 11.3 Å². The molecule has 0 unspecified atom stereocenters. The van der Waals surface area contributed by atoms with E-state index in [1.807, 2.05) is 31.3 Å². The van der Waals surface area contributed by atoms with Crippen LogP contribution in [0.1, 0.15) is 30.9 Å². The Labute approximate surface area is 124 Å². The van der Waals surface area contributed by atoms with Gasteiger partial charge in [0, 0.05) is 18.8 Å². The molecule has 106 valence electrons. The summed E-state index contributed by atoms with van der Waals surface area (Å²) >= 11 is 6.10. The lowest BCUT2D eigenvalue weighted by Gasteiger charge is -2.13. The van der Waals surface area contributed by atoms with Crippen LogP contribution in [-0.4, -0.2) is 12.0 Å². The molecule has 4 heteroatoms. The Balaban J connectivity index is 2.28. The monoisotopic (exact) mass is 290 g/mol. The highest BCUT2D eigenvalue weighted by Gasteiger charge is 2.10. The highest BCUT2D eigenvalue weighted by Crippen LogP contribution is 2.30. The molecule has 0 radical (unpaired) electrons. The van der Waals surface area contributed by atoms with Gasteiger partial charge in [-0.05, 0) is 30.2 Å². The highest BCUT2D eigenvalue weighted by molar-refractivity contribution is 6.31. The average Bonchev–Trinajstić information content (AvgIpc) is 2.43. The van der Waals surface area contributed by atoms with Crippen LogP contribution in [0.5, 0.6) is 11.6 Å². The normalized spacial score (nSPS) is 10.8. The first-order chi connectivity index (χ1) is 9.61. The first-order valence-electron chi connectivity index (χ1n) is 6.67. The second-order valence-corrected chi connectivity index (χ2v) is 5.35. The van der Waals surface area contributed by atoms with Crippen LogP contribution in [0.25, 0.3) is 0 Å². The van der Waals surface area contributed by atoms with Crippen molar-refractivity contribution in [3.8, 4) is 11.6 Å². The van der Waals surface area contributed by atoms with E-state index in [1.54, 1.807) is 6.20 Å². The summed E-state index contributed by atoms with van der Waals surface area (Å²) in [6.45, 7) is 4.97. The summed E-state index contributed by atoms with van der Waals surface area (Å²) in [5.74, 6) is 1.80. The topological polar surface area (TPSA) is 34.1 Å². The molecule has 0 fully saturated rings. The molecule has 20 heavy (non-hydrogen) atoms. The largest absolute Gasteiger partial charge is 0.439 e. The molecule has 2 rings (SSSR count). The molecular formula is C16H19ClN2O. The summed E-state index contributed by atoms with van der Waals surface area (Å²) in [5.41, 5.74) is 2.14. The number of halogens is 1. The fraction of sp³-hybridized carbons (Fsp3) is 0.312. The minimum Gasteiger partial charge on any atom is -0.439 e. The van der Waals surface area contributed by atoms with Crippen LogP contribution in [-0.2, 0) is 6.54 Å². The van der Waals surface area contributed by atoms with Crippen LogP contribution in [0.2, 0.25) is 5.02 Å². The number of pyridine rings is 1. The van der Waals surface area contributed by atoms with Gasteiger partial charge in [0.2, 0.25) is 5.88 Å². The van der Waals surface area contributed by atoms with Gasteiger partial charge in [-0.2, -0.15) is 0 Å². The zero-order chi connectivity index (χ0) is 14.5. The van der Waals surface area contributed by atoms with Gasteiger partial charge in [0.15, 0.2) is 0 Å². The summed E-state index contributed by atoms with van der Waals surface area (Å²) in [5, 5.41) is 3.72. The molecule has 1 aromatic heterocycles. The number of nitrogens with one attached hydrogen (secondary N) is 1. The number of ether oxygens (including phenoxy) is 1. The standard InChI is InChI=1S/C16H19ClN2O/c1-11(2)13-6-4-5-7-15(13)20-16-8-12(9-18-3)14(17)10-19-16/h4-8,10-11,18H,9H2,1-3H3. The molecule has 0 aliphatic heterocycles. The van der Waals surface area contributed by atoms with Crippen molar-refractivity contribution in [1.29, 1.82) is 0 Å².